The molecule has 0 saturated heterocycles. The average molecular weight is 610 g/mol. The van der Waals surface area contributed by atoms with E-state index < -0.39 is 21.3 Å². The van der Waals surface area contributed by atoms with Gasteiger partial charge in [-0.3, -0.25) is 4.55 Å². The highest BCUT2D eigenvalue weighted by atomic mass is 127. The predicted molar refractivity (Wildman–Crippen MR) is 105 cm³/mol. The van der Waals surface area contributed by atoms with Crippen molar-refractivity contribution in [2.45, 2.75) is 12.2 Å². The summed E-state index contributed by atoms with van der Waals surface area (Å²) >= 11 is 4.29. The molecular formula is C15H10F2I2O6S. The van der Waals surface area contributed by atoms with Crippen LogP contribution in [0.15, 0.2) is 36.4 Å². The van der Waals surface area contributed by atoms with Crippen LogP contribution in [-0.2, 0) is 14.9 Å². The minimum Gasteiger partial charge on any atom is -0.456 e. The average Bonchev–Trinajstić information content (AvgIpc) is 2.51. The third-order valence-electron chi connectivity index (χ3n) is 3.01. The molecule has 0 radical (unpaired) electrons. The molecule has 0 aromatic heterocycles. The van der Waals surface area contributed by atoms with Gasteiger partial charge in [0.15, 0.2) is 0 Å². The van der Waals surface area contributed by atoms with Crippen molar-refractivity contribution in [3.05, 3.63) is 49.1 Å². The van der Waals surface area contributed by atoms with Crippen molar-refractivity contribution in [2.75, 3.05) is 0 Å². The van der Waals surface area contributed by atoms with E-state index in [0.29, 0.717) is 11.5 Å². The summed E-state index contributed by atoms with van der Waals surface area (Å²) in [5.41, 5.74) is 0.893. The number of esters is 1. The molecule has 0 spiro atoms. The molecule has 1 N–H and O–H groups in total. The van der Waals surface area contributed by atoms with Gasteiger partial charge in [-0.25, -0.2) is 4.79 Å². The maximum atomic E-state index is 13.2. The number of hydrogen-bond donors (Lipinski definition) is 1. The van der Waals surface area contributed by atoms with E-state index in [1.54, 1.807) is 0 Å². The minimum atomic E-state index is -5.92. The van der Waals surface area contributed by atoms with E-state index >= 15 is 0 Å². The van der Waals surface area contributed by atoms with E-state index in [4.69, 9.17) is 9.29 Å². The van der Waals surface area contributed by atoms with Gasteiger partial charge in [0.25, 0.3) is 0 Å². The van der Waals surface area contributed by atoms with E-state index in [9.17, 15) is 22.0 Å². The van der Waals surface area contributed by atoms with Crippen molar-refractivity contribution < 1.29 is 36.0 Å². The van der Waals surface area contributed by atoms with Crippen LogP contribution in [0, 0.1) is 14.1 Å². The topological polar surface area (TPSA) is 89.9 Å². The fourth-order valence-corrected chi connectivity index (χ4v) is 4.28. The van der Waals surface area contributed by atoms with Crippen LogP contribution in [0.3, 0.4) is 0 Å². The monoisotopic (exact) mass is 610 g/mol. The lowest BCUT2D eigenvalue weighted by Crippen LogP contribution is -2.40. The molecule has 0 bridgehead atoms. The first-order valence-electron chi connectivity index (χ1n) is 6.72. The summed E-state index contributed by atoms with van der Waals surface area (Å²) in [6.07, 6.45) is 0. The van der Waals surface area contributed by atoms with Crippen molar-refractivity contribution >= 4 is 61.3 Å². The molecule has 2 aromatic rings. The molecule has 0 amide bonds. The molecular weight excluding hydrogens is 600 g/mol. The lowest BCUT2D eigenvalue weighted by molar-refractivity contribution is -0.151. The molecule has 0 heterocycles. The molecule has 26 heavy (non-hydrogen) atoms. The van der Waals surface area contributed by atoms with Gasteiger partial charge in [0.05, 0.1) is 3.57 Å². The molecule has 11 heteroatoms. The second-order valence-electron chi connectivity index (χ2n) is 4.99. The van der Waals surface area contributed by atoms with Crippen LogP contribution in [0.1, 0.15) is 5.56 Å². The zero-order valence-electron chi connectivity index (χ0n) is 12.9. The highest BCUT2D eigenvalue weighted by Gasteiger charge is 2.54. The van der Waals surface area contributed by atoms with Crippen LogP contribution in [0.5, 0.6) is 17.2 Å². The van der Waals surface area contributed by atoms with Gasteiger partial charge in [0.2, 0.25) is 0 Å². The first-order chi connectivity index (χ1) is 11.9. The van der Waals surface area contributed by atoms with Crippen LogP contribution < -0.4 is 9.47 Å². The van der Waals surface area contributed by atoms with E-state index in [-0.39, 0.29) is 5.75 Å². The number of rotatable bonds is 5. The summed E-state index contributed by atoms with van der Waals surface area (Å²) in [6, 6.07) is 8.87. The largest absolute Gasteiger partial charge is 0.466 e. The van der Waals surface area contributed by atoms with Gasteiger partial charge in [0.1, 0.15) is 17.2 Å². The van der Waals surface area contributed by atoms with E-state index in [1.165, 1.54) is 12.1 Å². The Hall–Kier alpha value is -1.06. The molecule has 0 aliphatic heterocycles. The molecule has 0 saturated carbocycles. The summed E-state index contributed by atoms with van der Waals surface area (Å²) in [4.78, 5) is 11.2. The van der Waals surface area contributed by atoms with Crippen molar-refractivity contribution in [3.63, 3.8) is 0 Å². The number of hydrogen-bond acceptors (Lipinski definition) is 5. The van der Waals surface area contributed by atoms with Crippen LogP contribution >= 0.6 is 45.2 Å². The lowest BCUT2D eigenvalue weighted by Gasteiger charge is -2.13. The maximum Gasteiger partial charge on any atom is 0.466 e. The molecule has 140 valence electrons. The Morgan fingerprint density at radius 2 is 1.65 bits per heavy atom. The Kier molecular flexibility index (Phi) is 6.45. The third-order valence-corrected chi connectivity index (χ3v) is 5.25. The van der Waals surface area contributed by atoms with Gasteiger partial charge in [-0.05, 0) is 94.1 Å². The fraction of sp³-hybridized carbons (Fsp3) is 0.133. The van der Waals surface area contributed by atoms with Crippen molar-refractivity contribution in [2.24, 2.45) is 0 Å². The standard InChI is InChI=1S/C15H10F2I2O6S/c1-8-6-9(18)7-12(19)13(8)24-10-2-4-11(5-3-10)25-14(20)15(16,17)26(21,22)23/h2-7H,1H3,(H,21,22,23). The number of aryl methyl sites for hydroxylation is 1. The van der Waals surface area contributed by atoms with Crippen LogP contribution in [-0.4, -0.2) is 24.2 Å². The quantitative estimate of drug-likeness (QED) is 0.234. The van der Waals surface area contributed by atoms with Gasteiger partial charge in [-0.1, -0.05) is 0 Å². The molecule has 0 unspecified atom stereocenters. The highest BCUT2D eigenvalue weighted by Crippen LogP contribution is 2.33. The lowest BCUT2D eigenvalue weighted by atomic mass is 10.2. The summed E-state index contributed by atoms with van der Waals surface area (Å²) in [7, 11) is -5.92. The molecule has 6 nitrogen and oxygen atoms in total. The number of carbonyl (C=O) groups is 1. The van der Waals surface area contributed by atoms with Crippen LogP contribution in [0.25, 0.3) is 0 Å². The number of carbonyl (C=O) groups excluding carboxylic acids is 1. The Bertz CT molecular complexity index is 922. The number of alkyl halides is 2. The predicted octanol–water partition coefficient (Wildman–Crippen LogP) is 4.38. The highest BCUT2D eigenvalue weighted by molar-refractivity contribution is 14.1. The van der Waals surface area contributed by atoms with E-state index in [2.05, 4.69) is 49.9 Å². The molecule has 2 aromatic carbocycles. The minimum absolute atomic E-state index is 0.334. The van der Waals surface area contributed by atoms with Gasteiger partial charge in [-0.15, -0.1) is 0 Å². The van der Waals surface area contributed by atoms with Gasteiger partial charge in [0, 0.05) is 3.57 Å². The number of halogens is 4. The summed E-state index contributed by atoms with van der Waals surface area (Å²) in [6.45, 7) is 1.87. The molecule has 2 rings (SSSR count). The Morgan fingerprint density at radius 3 is 2.15 bits per heavy atom. The third kappa shape index (κ3) is 4.80. The number of benzene rings is 2. The number of ether oxygens (including phenoxy) is 2. The zero-order chi connectivity index (χ0) is 19.7. The normalized spacial score (nSPS) is 11.9. The first kappa shape index (κ1) is 21.2. The summed E-state index contributed by atoms with van der Waals surface area (Å²) < 4.78 is 67.7. The molecule has 0 fully saturated rings. The van der Waals surface area contributed by atoms with E-state index in [0.717, 1.165) is 24.8 Å². The summed E-state index contributed by atoms with van der Waals surface area (Å²) in [5, 5.41) is -5.06. The first-order valence-corrected chi connectivity index (χ1v) is 10.3. The fourth-order valence-electron chi connectivity index (χ4n) is 1.78. The van der Waals surface area contributed by atoms with Crippen molar-refractivity contribution in [3.8, 4) is 17.2 Å². The van der Waals surface area contributed by atoms with Gasteiger partial charge in [-0.2, -0.15) is 17.2 Å². The Labute approximate surface area is 174 Å². The van der Waals surface area contributed by atoms with Crippen molar-refractivity contribution in [1.29, 1.82) is 0 Å². The van der Waals surface area contributed by atoms with Gasteiger partial charge < -0.3 is 9.47 Å². The Morgan fingerprint density at radius 1 is 1.12 bits per heavy atom. The smallest absolute Gasteiger partial charge is 0.456 e. The van der Waals surface area contributed by atoms with Gasteiger partial charge >= 0.3 is 21.3 Å². The SMILES string of the molecule is Cc1cc(I)cc(I)c1Oc1ccc(OC(=O)C(F)(F)S(=O)(=O)O)cc1. The molecule has 0 aliphatic rings. The van der Waals surface area contributed by atoms with Crippen molar-refractivity contribution in [1.82, 2.24) is 0 Å². The molecule has 0 atom stereocenters. The maximum absolute atomic E-state index is 13.2. The Balaban J connectivity index is 2.16. The second-order valence-corrected chi connectivity index (χ2v) is 8.86. The zero-order valence-corrected chi connectivity index (χ0v) is 18.0. The second kappa shape index (κ2) is 7.90. The van der Waals surface area contributed by atoms with Crippen LogP contribution in [0.2, 0.25) is 0 Å². The van der Waals surface area contributed by atoms with Crippen LogP contribution in [0.4, 0.5) is 8.78 Å². The van der Waals surface area contributed by atoms with E-state index in [1.807, 2.05) is 19.1 Å². The molecule has 0 aliphatic carbocycles. The summed E-state index contributed by atoms with van der Waals surface area (Å²) in [5.74, 6) is -1.77.